The number of hydrogen-bond donors (Lipinski definition) is 2. The summed E-state index contributed by atoms with van der Waals surface area (Å²) < 4.78 is 0. The van der Waals surface area contributed by atoms with Crippen LogP contribution in [0.2, 0.25) is 0 Å². The van der Waals surface area contributed by atoms with Crippen molar-refractivity contribution < 1.29 is 14.7 Å². The maximum atomic E-state index is 13.3. The lowest BCUT2D eigenvalue weighted by Gasteiger charge is -2.72. The number of rotatable bonds is 3. The molecule has 0 radical (unpaired) electrons. The van der Waals surface area contributed by atoms with Crippen molar-refractivity contribution >= 4 is 17.4 Å². The standard InChI is InChI=1S/C35H49NO3.C3H6/c1-31(2)24(22-9-11-23(12-10-22)29(37)38)15-18-32(3)27(31)16-19-34(5)28(32)14-13-25-26-8-7-17-35(26,30(39)36-6)21-20-33(25,34)4;1-3-2/h9-12,15,25-28H,7-8,13-14,16-21H2,1-6H3,(H,36,39)(H,37,38);3H,1H2,2H3/t25?,26?,27?,28?,32?,33-,34?,35?;/m1./s1. The van der Waals surface area contributed by atoms with Crippen LogP contribution in [0.25, 0.3) is 5.57 Å². The van der Waals surface area contributed by atoms with Crippen molar-refractivity contribution in [1.29, 1.82) is 0 Å². The average Bonchev–Trinajstić information content (AvgIpc) is 3.39. The maximum Gasteiger partial charge on any atom is 0.335 e. The van der Waals surface area contributed by atoms with E-state index in [4.69, 9.17) is 0 Å². The number of benzene rings is 1. The molecular weight excluding hydrogens is 518 g/mol. The van der Waals surface area contributed by atoms with Gasteiger partial charge in [-0.3, -0.25) is 4.79 Å². The molecule has 0 aliphatic heterocycles. The lowest BCUT2D eigenvalue weighted by atomic mass is 9.32. The monoisotopic (exact) mass is 573 g/mol. The molecule has 8 atom stereocenters. The van der Waals surface area contributed by atoms with Gasteiger partial charge in [0.15, 0.2) is 0 Å². The van der Waals surface area contributed by atoms with Gasteiger partial charge in [-0.1, -0.05) is 65.3 Å². The minimum absolute atomic E-state index is 0.0310. The molecule has 230 valence electrons. The lowest BCUT2D eigenvalue weighted by molar-refractivity contribution is -0.222. The van der Waals surface area contributed by atoms with Gasteiger partial charge in [-0.2, -0.15) is 0 Å². The summed E-state index contributed by atoms with van der Waals surface area (Å²) in [4.78, 5) is 24.7. The third-order valence-corrected chi connectivity index (χ3v) is 14.1. The van der Waals surface area contributed by atoms with E-state index in [1.807, 2.05) is 26.1 Å². The first-order valence-electron chi connectivity index (χ1n) is 16.6. The zero-order chi connectivity index (χ0) is 30.7. The van der Waals surface area contributed by atoms with E-state index in [1.54, 1.807) is 18.2 Å². The molecule has 4 saturated carbocycles. The number of carboxylic acid groups (broad SMARTS) is 1. The van der Waals surface area contributed by atoms with Crippen molar-refractivity contribution in [2.45, 2.75) is 106 Å². The first-order chi connectivity index (χ1) is 19.8. The van der Waals surface area contributed by atoms with E-state index in [-0.39, 0.29) is 21.7 Å². The molecule has 1 aromatic carbocycles. The van der Waals surface area contributed by atoms with Gasteiger partial charge in [0.05, 0.1) is 11.0 Å². The predicted molar refractivity (Wildman–Crippen MR) is 172 cm³/mol. The highest BCUT2D eigenvalue weighted by Gasteiger charge is 2.70. The molecule has 42 heavy (non-hydrogen) atoms. The molecule has 0 bridgehead atoms. The molecule has 2 N–H and O–H groups in total. The fourth-order valence-electron chi connectivity index (χ4n) is 12.1. The van der Waals surface area contributed by atoms with Crippen LogP contribution in [0.3, 0.4) is 0 Å². The highest BCUT2D eigenvalue weighted by atomic mass is 16.4. The topological polar surface area (TPSA) is 66.4 Å². The number of fused-ring (bicyclic) bond motifs is 7. The maximum absolute atomic E-state index is 13.3. The van der Waals surface area contributed by atoms with Gasteiger partial charge in [-0.05, 0) is 133 Å². The van der Waals surface area contributed by atoms with E-state index >= 15 is 0 Å². The second-order valence-electron chi connectivity index (χ2n) is 15.7. The minimum Gasteiger partial charge on any atom is -0.478 e. The van der Waals surface area contributed by atoms with Crippen LogP contribution < -0.4 is 5.32 Å². The van der Waals surface area contributed by atoms with Crippen LogP contribution in [0.5, 0.6) is 0 Å². The molecule has 4 nitrogen and oxygen atoms in total. The van der Waals surface area contributed by atoms with Crippen LogP contribution in [0, 0.1) is 50.7 Å². The molecule has 5 aliphatic rings. The second-order valence-corrected chi connectivity index (χ2v) is 15.7. The van der Waals surface area contributed by atoms with Gasteiger partial charge in [-0.25, -0.2) is 4.79 Å². The van der Waals surface area contributed by atoms with E-state index in [0.717, 1.165) is 19.3 Å². The van der Waals surface area contributed by atoms with Gasteiger partial charge >= 0.3 is 5.97 Å². The normalized spacial score (nSPS) is 41.4. The Kier molecular flexibility index (Phi) is 7.89. The zero-order valence-corrected chi connectivity index (χ0v) is 27.3. The third kappa shape index (κ3) is 4.20. The smallest absolute Gasteiger partial charge is 0.335 e. The first kappa shape index (κ1) is 31.1. The number of aromatic carboxylic acids is 1. The number of carbonyl (C=O) groups excluding carboxylic acids is 1. The Bertz CT molecular complexity index is 1260. The van der Waals surface area contributed by atoms with E-state index in [0.29, 0.717) is 40.6 Å². The fraction of sp³-hybridized carbons (Fsp3) is 0.684. The molecule has 1 aromatic rings. The highest BCUT2D eigenvalue weighted by Crippen LogP contribution is 2.77. The minimum atomic E-state index is -0.866. The summed E-state index contributed by atoms with van der Waals surface area (Å²) in [6.07, 6.45) is 16.2. The number of hydrogen-bond acceptors (Lipinski definition) is 2. The van der Waals surface area contributed by atoms with Gasteiger partial charge in [0, 0.05) is 7.05 Å². The molecule has 0 aromatic heterocycles. The second kappa shape index (κ2) is 10.7. The number of allylic oxidation sites excluding steroid dienone is 3. The van der Waals surface area contributed by atoms with Gasteiger partial charge in [0.25, 0.3) is 0 Å². The number of carboxylic acids is 1. The molecule has 0 saturated heterocycles. The SMILES string of the molecule is C=CC.CNC(=O)C12CCCC1C1CCC3C4(C)CC=C(c5ccc(C(=O)O)cc5)C(C)(C)C4CCC3(C)[C@]1(C)CC2. The molecule has 4 heteroatoms. The Morgan fingerprint density at radius 3 is 2.17 bits per heavy atom. The van der Waals surface area contributed by atoms with Gasteiger partial charge in [-0.15, -0.1) is 6.58 Å². The third-order valence-electron chi connectivity index (χ3n) is 14.1. The summed E-state index contributed by atoms with van der Waals surface area (Å²) in [6.45, 7) is 18.0. The summed E-state index contributed by atoms with van der Waals surface area (Å²) in [5, 5.41) is 12.5. The van der Waals surface area contributed by atoms with Gasteiger partial charge in [0.2, 0.25) is 5.91 Å². The summed E-state index contributed by atoms with van der Waals surface area (Å²) in [5.74, 6) is 1.94. The predicted octanol–water partition coefficient (Wildman–Crippen LogP) is 9.17. The van der Waals surface area contributed by atoms with Crippen LogP contribution in [-0.2, 0) is 4.79 Å². The Morgan fingerprint density at radius 1 is 0.881 bits per heavy atom. The number of nitrogens with one attached hydrogen (secondary N) is 1. The highest BCUT2D eigenvalue weighted by molar-refractivity contribution is 5.88. The van der Waals surface area contributed by atoms with Crippen molar-refractivity contribution in [3.05, 3.63) is 54.1 Å². The molecule has 0 heterocycles. The zero-order valence-electron chi connectivity index (χ0n) is 27.3. The average molecular weight is 574 g/mol. The van der Waals surface area contributed by atoms with Crippen molar-refractivity contribution in [3.63, 3.8) is 0 Å². The van der Waals surface area contributed by atoms with Crippen LogP contribution in [0.1, 0.15) is 122 Å². The Hall–Kier alpha value is -2.36. The van der Waals surface area contributed by atoms with Crippen molar-refractivity contribution in [3.8, 4) is 0 Å². The molecule has 4 fully saturated rings. The van der Waals surface area contributed by atoms with Crippen LogP contribution >= 0.6 is 0 Å². The Labute approximate surface area is 254 Å². The number of carbonyl (C=O) groups is 2. The van der Waals surface area contributed by atoms with E-state index in [9.17, 15) is 14.7 Å². The van der Waals surface area contributed by atoms with Crippen LogP contribution in [0.15, 0.2) is 43.0 Å². The number of amides is 1. The fourth-order valence-corrected chi connectivity index (χ4v) is 12.1. The van der Waals surface area contributed by atoms with Crippen LogP contribution in [-0.4, -0.2) is 24.0 Å². The van der Waals surface area contributed by atoms with Gasteiger partial charge < -0.3 is 10.4 Å². The van der Waals surface area contributed by atoms with E-state index < -0.39 is 5.97 Å². The Morgan fingerprint density at radius 2 is 1.55 bits per heavy atom. The Balaban J connectivity index is 0.00000113. The quantitative estimate of drug-likeness (QED) is 0.354. The van der Waals surface area contributed by atoms with E-state index in [2.05, 4.69) is 52.6 Å². The summed E-state index contributed by atoms with van der Waals surface area (Å²) in [7, 11) is 1.84. The van der Waals surface area contributed by atoms with E-state index in [1.165, 1.54) is 56.1 Å². The summed E-state index contributed by atoms with van der Waals surface area (Å²) in [5.41, 5.74) is 3.67. The van der Waals surface area contributed by atoms with Crippen molar-refractivity contribution in [2.75, 3.05) is 7.05 Å². The summed E-state index contributed by atoms with van der Waals surface area (Å²) in [6, 6.07) is 7.54. The molecule has 5 aliphatic carbocycles. The summed E-state index contributed by atoms with van der Waals surface area (Å²) >= 11 is 0. The van der Waals surface area contributed by atoms with Crippen LogP contribution in [0.4, 0.5) is 0 Å². The van der Waals surface area contributed by atoms with Crippen molar-refractivity contribution in [2.24, 2.45) is 50.7 Å². The largest absolute Gasteiger partial charge is 0.478 e. The first-order valence-corrected chi connectivity index (χ1v) is 16.6. The molecular formula is C38H55NO3. The molecule has 6 rings (SSSR count). The molecule has 0 spiro atoms. The molecule has 7 unspecified atom stereocenters. The van der Waals surface area contributed by atoms with Gasteiger partial charge in [0.1, 0.15) is 0 Å². The van der Waals surface area contributed by atoms with Crippen molar-refractivity contribution in [1.82, 2.24) is 5.32 Å². The lowest BCUT2D eigenvalue weighted by Crippen LogP contribution is -2.65. The molecule has 1 amide bonds.